The van der Waals surface area contributed by atoms with Crippen LogP contribution >= 0.6 is 11.6 Å². The molecule has 2 aromatic carbocycles. The number of hydrogen-bond donors (Lipinski definition) is 2. The van der Waals surface area contributed by atoms with E-state index in [1.165, 1.54) is 48.5 Å². The van der Waals surface area contributed by atoms with Gasteiger partial charge in [-0.05, 0) is 42.5 Å². The molecule has 1 fully saturated rings. The molecule has 1 saturated heterocycles. The van der Waals surface area contributed by atoms with Crippen LogP contribution in [0.3, 0.4) is 0 Å². The average molecular weight is 455 g/mol. The number of anilines is 1. The van der Waals surface area contributed by atoms with Gasteiger partial charge < -0.3 is 9.52 Å². The van der Waals surface area contributed by atoms with Gasteiger partial charge in [0.05, 0.1) is 16.3 Å². The van der Waals surface area contributed by atoms with Crippen molar-refractivity contribution >= 4 is 47.2 Å². The van der Waals surface area contributed by atoms with Gasteiger partial charge in [0, 0.05) is 5.56 Å². The predicted octanol–water partition coefficient (Wildman–Crippen LogP) is 4.10. The SMILES string of the molecule is O=C1NC(=O)N(c2ccccc2F)C(=O)/C1=C/c1ccc(-c2ccc(C(=O)O)c(Cl)c2)o1. The van der Waals surface area contributed by atoms with Crippen molar-refractivity contribution < 1.29 is 33.1 Å². The lowest BCUT2D eigenvalue weighted by Gasteiger charge is -2.26. The van der Waals surface area contributed by atoms with Gasteiger partial charge >= 0.3 is 12.0 Å². The molecule has 1 aromatic heterocycles. The van der Waals surface area contributed by atoms with E-state index in [1.54, 1.807) is 0 Å². The van der Waals surface area contributed by atoms with Crippen LogP contribution in [0.5, 0.6) is 0 Å². The molecule has 32 heavy (non-hydrogen) atoms. The molecule has 0 atom stereocenters. The number of aromatic carboxylic acids is 1. The number of rotatable bonds is 4. The van der Waals surface area contributed by atoms with Crippen LogP contribution in [0.1, 0.15) is 16.1 Å². The van der Waals surface area contributed by atoms with Gasteiger partial charge in [0.25, 0.3) is 11.8 Å². The molecule has 2 N–H and O–H groups in total. The Morgan fingerprint density at radius 3 is 2.53 bits per heavy atom. The number of imide groups is 2. The van der Waals surface area contributed by atoms with Gasteiger partial charge in [-0.1, -0.05) is 29.8 Å². The van der Waals surface area contributed by atoms with Crippen molar-refractivity contribution in [2.24, 2.45) is 0 Å². The highest BCUT2D eigenvalue weighted by atomic mass is 35.5. The zero-order chi connectivity index (χ0) is 23.0. The van der Waals surface area contributed by atoms with E-state index in [0.717, 1.165) is 12.1 Å². The lowest BCUT2D eigenvalue weighted by molar-refractivity contribution is -0.122. The number of nitrogens with one attached hydrogen (secondary N) is 1. The first-order valence-electron chi connectivity index (χ1n) is 9.05. The first-order valence-corrected chi connectivity index (χ1v) is 9.43. The first kappa shape index (κ1) is 21.0. The van der Waals surface area contributed by atoms with Crippen molar-refractivity contribution in [3.8, 4) is 11.3 Å². The second-order valence-corrected chi connectivity index (χ2v) is 7.02. The Hall–Kier alpha value is -4.24. The number of barbiturate groups is 1. The van der Waals surface area contributed by atoms with Crippen LogP contribution in [0.15, 0.2) is 64.6 Å². The average Bonchev–Trinajstić information content (AvgIpc) is 3.21. The van der Waals surface area contributed by atoms with Gasteiger partial charge in [0.2, 0.25) is 0 Å². The molecule has 0 aliphatic carbocycles. The molecule has 8 nitrogen and oxygen atoms in total. The van der Waals surface area contributed by atoms with Crippen LogP contribution in [0.2, 0.25) is 5.02 Å². The molecular weight excluding hydrogens is 443 g/mol. The summed E-state index contributed by atoms with van der Waals surface area (Å²) < 4.78 is 19.8. The quantitative estimate of drug-likeness (QED) is 0.452. The van der Waals surface area contributed by atoms with Crippen molar-refractivity contribution in [2.45, 2.75) is 0 Å². The topological polar surface area (TPSA) is 117 Å². The van der Waals surface area contributed by atoms with Crippen LogP contribution in [0, 0.1) is 5.82 Å². The molecular formula is C22H12ClFN2O6. The molecule has 0 unspecified atom stereocenters. The molecule has 10 heteroatoms. The number of benzene rings is 2. The maximum Gasteiger partial charge on any atom is 0.337 e. The van der Waals surface area contributed by atoms with E-state index in [-0.39, 0.29) is 22.0 Å². The largest absolute Gasteiger partial charge is 0.478 e. The molecule has 160 valence electrons. The summed E-state index contributed by atoms with van der Waals surface area (Å²) in [7, 11) is 0. The van der Waals surface area contributed by atoms with E-state index in [2.05, 4.69) is 0 Å². The Bertz CT molecular complexity index is 1330. The molecule has 1 aliphatic rings. The predicted molar refractivity (Wildman–Crippen MR) is 112 cm³/mol. The highest BCUT2D eigenvalue weighted by molar-refractivity contribution is 6.39. The summed E-state index contributed by atoms with van der Waals surface area (Å²) in [5.41, 5.74) is -0.353. The molecule has 4 amide bonds. The van der Waals surface area contributed by atoms with Gasteiger partial charge in [-0.25, -0.2) is 18.9 Å². The van der Waals surface area contributed by atoms with E-state index in [0.29, 0.717) is 16.2 Å². The minimum atomic E-state index is -1.18. The van der Waals surface area contributed by atoms with Gasteiger partial charge in [-0.3, -0.25) is 14.9 Å². The summed E-state index contributed by atoms with van der Waals surface area (Å²) >= 11 is 5.98. The van der Waals surface area contributed by atoms with Crippen molar-refractivity contribution in [1.82, 2.24) is 5.32 Å². The van der Waals surface area contributed by atoms with Crippen LogP contribution < -0.4 is 10.2 Å². The number of amides is 4. The summed E-state index contributed by atoms with van der Waals surface area (Å²) in [4.78, 5) is 48.8. The van der Waals surface area contributed by atoms with Crippen LogP contribution in [-0.2, 0) is 9.59 Å². The summed E-state index contributed by atoms with van der Waals surface area (Å²) in [6.45, 7) is 0. The van der Waals surface area contributed by atoms with E-state index in [4.69, 9.17) is 21.1 Å². The Kier molecular flexibility index (Phi) is 5.33. The fraction of sp³-hybridized carbons (Fsp3) is 0. The van der Waals surface area contributed by atoms with Crippen LogP contribution in [0.4, 0.5) is 14.9 Å². The Morgan fingerprint density at radius 1 is 1.09 bits per heavy atom. The zero-order valence-corrected chi connectivity index (χ0v) is 16.7. The third kappa shape index (κ3) is 3.77. The first-order chi connectivity index (χ1) is 15.3. The van der Waals surface area contributed by atoms with Crippen molar-refractivity contribution in [2.75, 3.05) is 4.90 Å². The minimum Gasteiger partial charge on any atom is -0.478 e. The van der Waals surface area contributed by atoms with E-state index < -0.39 is 35.2 Å². The number of carbonyl (C=O) groups excluding carboxylic acids is 3. The lowest BCUT2D eigenvalue weighted by atomic mass is 10.1. The molecule has 0 bridgehead atoms. The van der Waals surface area contributed by atoms with Gasteiger partial charge in [-0.2, -0.15) is 0 Å². The third-order valence-corrected chi connectivity index (χ3v) is 4.91. The van der Waals surface area contributed by atoms with Crippen LogP contribution in [-0.4, -0.2) is 28.9 Å². The number of para-hydroxylation sites is 1. The normalized spacial score (nSPS) is 15.2. The molecule has 2 heterocycles. The fourth-order valence-electron chi connectivity index (χ4n) is 3.08. The molecule has 1 aliphatic heterocycles. The molecule has 0 saturated carbocycles. The second-order valence-electron chi connectivity index (χ2n) is 6.61. The number of furan rings is 1. The van der Waals surface area contributed by atoms with E-state index in [1.807, 2.05) is 5.32 Å². The number of carboxylic acid groups (broad SMARTS) is 1. The molecule has 3 aromatic rings. The number of halogens is 2. The monoisotopic (exact) mass is 454 g/mol. The van der Waals surface area contributed by atoms with E-state index in [9.17, 15) is 23.6 Å². The van der Waals surface area contributed by atoms with Crippen molar-refractivity contribution in [1.29, 1.82) is 0 Å². The summed E-state index contributed by atoms with van der Waals surface area (Å²) in [6.07, 6.45) is 1.12. The van der Waals surface area contributed by atoms with Gasteiger partial charge in [0.15, 0.2) is 0 Å². The number of hydrogen-bond acceptors (Lipinski definition) is 5. The smallest absolute Gasteiger partial charge is 0.337 e. The fourth-order valence-corrected chi connectivity index (χ4v) is 3.34. The number of carboxylic acids is 1. The standard InChI is InChI=1S/C22H12ClFN2O6/c23-15-9-11(5-7-13(15)21(29)30)18-8-6-12(32-18)10-14-19(27)25-22(31)26(20(14)28)17-4-2-1-3-16(17)24/h1-10H,(H,29,30)(H,25,27,31)/b14-10+. The maximum absolute atomic E-state index is 14.1. The molecule has 0 radical (unpaired) electrons. The molecule has 0 spiro atoms. The second kappa shape index (κ2) is 8.12. The Labute approximate surface area is 184 Å². The maximum atomic E-state index is 14.1. The number of urea groups is 1. The van der Waals surface area contributed by atoms with Crippen molar-refractivity contribution in [3.63, 3.8) is 0 Å². The minimum absolute atomic E-state index is 0.00665. The summed E-state index contributed by atoms with van der Waals surface area (Å²) in [5.74, 6) is -3.58. The van der Waals surface area contributed by atoms with Gasteiger partial charge in [0.1, 0.15) is 22.9 Å². The lowest BCUT2D eigenvalue weighted by Crippen LogP contribution is -2.54. The summed E-state index contributed by atoms with van der Waals surface area (Å²) in [5, 5.41) is 11.1. The Balaban J connectivity index is 1.67. The zero-order valence-electron chi connectivity index (χ0n) is 16.0. The molecule has 4 rings (SSSR count). The highest BCUT2D eigenvalue weighted by Crippen LogP contribution is 2.29. The van der Waals surface area contributed by atoms with Crippen molar-refractivity contribution in [3.05, 3.63) is 82.3 Å². The van der Waals surface area contributed by atoms with E-state index >= 15 is 0 Å². The Morgan fingerprint density at radius 2 is 1.84 bits per heavy atom. The number of nitrogens with zero attached hydrogens (tertiary/aromatic N) is 1. The highest BCUT2D eigenvalue weighted by Gasteiger charge is 2.38. The number of carbonyl (C=O) groups is 4. The van der Waals surface area contributed by atoms with Crippen LogP contribution in [0.25, 0.3) is 17.4 Å². The van der Waals surface area contributed by atoms with Gasteiger partial charge in [-0.15, -0.1) is 0 Å². The third-order valence-electron chi connectivity index (χ3n) is 4.59. The summed E-state index contributed by atoms with van der Waals surface area (Å²) in [6, 6.07) is 11.3.